The number of carbonyl (C=O) groups is 1. The fourth-order valence-electron chi connectivity index (χ4n) is 1.86. The zero-order valence-corrected chi connectivity index (χ0v) is 11.0. The summed E-state index contributed by atoms with van der Waals surface area (Å²) in [6.07, 6.45) is -0.0549. The van der Waals surface area contributed by atoms with Gasteiger partial charge >= 0.3 is 5.97 Å². The molecule has 0 saturated heterocycles. The van der Waals surface area contributed by atoms with Gasteiger partial charge in [0, 0.05) is 0 Å². The predicted molar refractivity (Wildman–Crippen MR) is 74.6 cm³/mol. The average molecular weight is 256 g/mol. The van der Waals surface area contributed by atoms with Gasteiger partial charge in [-0.15, -0.1) is 0 Å². The minimum absolute atomic E-state index is 0.0549. The van der Waals surface area contributed by atoms with Crippen molar-refractivity contribution in [2.24, 2.45) is 0 Å². The van der Waals surface area contributed by atoms with Crippen LogP contribution in [-0.2, 0) is 0 Å². The van der Waals surface area contributed by atoms with Gasteiger partial charge in [-0.05, 0) is 37.1 Å². The Morgan fingerprint density at radius 2 is 1.74 bits per heavy atom. The van der Waals surface area contributed by atoms with E-state index in [2.05, 4.69) is 0 Å². The minimum atomic E-state index is -0.978. The van der Waals surface area contributed by atoms with Crippen LogP contribution in [0.15, 0.2) is 48.5 Å². The zero-order chi connectivity index (χ0) is 13.8. The molecule has 2 aromatic carbocycles. The van der Waals surface area contributed by atoms with E-state index in [9.17, 15) is 9.90 Å². The second-order valence-electron chi connectivity index (χ2n) is 4.55. The summed E-state index contributed by atoms with van der Waals surface area (Å²) in [4.78, 5) is 11.3. The zero-order valence-electron chi connectivity index (χ0n) is 11.0. The Morgan fingerprint density at radius 1 is 1.05 bits per heavy atom. The van der Waals surface area contributed by atoms with Gasteiger partial charge < -0.3 is 9.84 Å². The van der Waals surface area contributed by atoms with E-state index < -0.39 is 5.97 Å². The molecular weight excluding hydrogens is 240 g/mol. The molecule has 98 valence electrons. The number of carboxylic acid groups (broad SMARTS) is 1. The lowest BCUT2D eigenvalue weighted by molar-refractivity contribution is 0.0690. The van der Waals surface area contributed by atoms with Crippen LogP contribution < -0.4 is 4.74 Å². The normalized spacial score (nSPS) is 10.5. The molecule has 0 bridgehead atoms. The summed E-state index contributed by atoms with van der Waals surface area (Å²) in [7, 11) is 0. The summed E-state index contributed by atoms with van der Waals surface area (Å²) in [6.45, 7) is 3.74. The van der Waals surface area contributed by atoms with Crippen molar-refractivity contribution in [3.8, 4) is 16.9 Å². The summed E-state index contributed by atoms with van der Waals surface area (Å²) in [6, 6.07) is 14.9. The van der Waals surface area contributed by atoms with E-state index in [-0.39, 0.29) is 11.7 Å². The maximum atomic E-state index is 11.3. The standard InChI is InChI=1S/C16H16O3/c1-11(2)19-15-9-8-13(10-14(15)16(17)18)12-6-4-3-5-7-12/h3-11H,1-2H3,(H,17,18). The van der Waals surface area contributed by atoms with E-state index in [1.165, 1.54) is 0 Å². The summed E-state index contributed by atoms with van der Waals surface area (Å²) in [5.74, 6) is -0.574. The van der Waals surface area contributed by atoms with E-state index in [4.69, 9.17) is 4.74 Å². The highest BCUT2D eigenvalue weighted by Crippen LogP contribution is 2.27. The van der Waals surface area contributed by atoms with Crippen LogP contribution in [0.2, 0.25) is 0 Å². The van der Waals surface area contributed by atoms with Crippen molar-refractivity contribution >= 4 is 5.97 Å². The number of aromatic carboxylic acids is 1. The van der Waals surface area contributed by atoms with Crippen molar-refractivity contribution in [1.29, 1.82) is 0 Å². The van der Waals surface area contributed by atoms with Crippen LogP contribution in [0.1, 0.15) is 24.2 Å². The fraction of sp³-hybridized carbons (Fsp3) is 0.188. The molecule has 0 fully saturated rings. The Kier molecular flexibility index (Phi) is 3.85. The van der Waals surface area contributed by atoms with E-state index in [1.54, 1.807) is 12.1 Å². The van der Waals surface area contributed by atoms with Gasteiger partial charge in [0.1, 0.15) is 11.3 Å². The van der Waals surface area contributed by atoms with Crippen molar-refractivity contribution < 1.29 is 14.6 Å². The van der Waals surface area contributed by atoms with E-state index in [0.29, 0.717) is 5.75 Å². The summed E-state index contributed by atoms with van der Waals surface area (Å²) >= 11 is 0. The van der Waals surface area contributed by atoms with Crippen LogP contribution in [-0.4, -0.2) is 17.2 Å². The lowest BCUT2D eigenvalue weighted by atomic mass is 10.0. The molecule has 0 aliphatic rings. The first-order valence-corrected chi connectivity index (χ1v) is 6.17. The summed E-state index contributed by atoms with van der Waals surface area (Å²) in [5, 5.41) is 9.27. The highest BCUT2D eigenvalue weighted by Gasteiger charge is 2.13. The van der Waals surface area contributed by atoms with Crippen molar-refractivity contribution in [2.75, 3.05) is 0 Å². The van der Waals surface area contributed by atoms with Gasteiger partial charge in [-0.25, -0.2) is 4.79 Å². The Bertz CT molecular complexity index is 574. The van der Waals surface area contributed by atoms with Crippen molar-refractivity contribution in [1.82, 2.24) is 0 Å². The third-order valence-corrected chi connectivity index (χ3v) is 2.68. The molecule has 19 heavy (non-hydrogen) atoms. The topological polar surface area (TPSA) is 46.5 Å². The lowest BCUT2D eigenvalue weighted by Crippen LogP contribution is -2.09. The lowest BCUT2D eigenvalue weighted by Gasteiger charge is -2.13. The molecule has 0 aromatic heterocycles. The maximum Gasteiger partial charge on any atom is 0.339 e. The first-order valence-electron chi connectivity index (χ1n) is 6.17. The Labute approximate surface area is 112 Å². The van der Waals surface area contributed by atoms with Gasteiger partial charge in [-0.3, -0.25) is 0 Å². The Morgan fingerprint density at radius 3 is 2.32 bits per heavy atom. The van der Waals surface area contributed by atoms with Gasteiger partial charge in [0.25, 0.3) is 0 Å². The van der Waals surface area contributed by atoms with Gasteiger partial charge in [0.2, 0.25) is 0 Å². The van der Waals surface area contributed by atoms with E-state index in [1.807, 2.05) is 50.2 Å². The third-order valence-electron chi connectivity index (χ3n) is 2.68. The molecule has 0 spiro atoms. The monoisotopic (exact) mass is 256 g/mol. The second-order valence-corrected chi connectivity index (χ2v) is 4.55. The van der Waals surface area contributed by atoms with Gasteiger partial charge in [-0.2, -0.15) is 0 Å². The van der Waals surface area contributed by atoms with Crippen LogP contribution in [0.4, 0.5) is 0 Å². The number of carboxylic acids is 1. The van der Waals surface area contributed by atoms with Crippen LogP contribution >= 0.6 is 0 Å². The van der Waals surface area contributed by atoms with Crippen molar-refractivity contribution in [3.63, 3.8) is 0 Å². The molecule has 0 atom stereocenters. The molecule has 1 N–H and O–H groups in total. The number of rotatable bonds is 4. The van der Waals surface area contributed by atoms with Crippen LogP contribution in [0.25, 0.3) is 11.1 Å². The molecule has 0 heterocycles. The Balaban J connectivity index is 2.45. The number of hydrogen-bond donors (Lipinski definition) is 1. The van der Waals surface area contributed by atoms with Gasteiger partial charge in [0.05, 0.1) is 6.10 Å². The highest BCUT2D eigenvalue weighted by molar-refractivity contribution is 5.92. The molecule has 0 aliphatic carbocycles. The fourth-order valence-corrected chi connectivity index (χ4v) is 1.86. The van der Waals surface area contributed by atoms with Crippen LogP contribution in [0.5, 0.6) is 5.75 Å². The molecule has 2 aromatic rings. The summed E-state index contributed by atoms with van der Waals surface area (Å²) in [5.41, 5.74) is 2.05. The second kappa shape index (κ2) is 5.57. The van der Waals surface area contributed by atoms with Crippen LogP contribution in [0.3, 0.4) is 0 Å². The molecule has 0 radical (unpaired) electrons. The third kappa shape index (κ3) is 3.13. The largest absolute Gasteiger partial charge is 0.490 e. The van der Waals surface area contributed by atoms with Gasteiger partial charge in [0.15, 0.2) is 0 Å². The molecule has 0 saturated carbocycles. The minimum Gasteiger partial charge on any atom is -0.490 e. The van der Waals surface area contributed by atoms with Crippen molar-refractivity contribution in [3.05, 3.63) is 54.1 Å². The number of benzene rings is 2. The molecule has 3 nitrogen and oxygen atoms in total. The SMILES string of the molecule is CC(C)Oc1ccc(-c2ccccc2)cc1C(=O)O. The number of hydrogen-bond acceptors (Lipinski definition) is 2. The molecule has 0 aliphatic heterocycles. The Hall–Kier alpha value is -2.29. The molecular formula is C16H16O3. The smallest absolute Gasteiger partial charge is 0.339 e. The van der Waals surface area contributed by atoms with Gasteiger partial charge in [-0.1, -0.05) is 36.4 Å². The van der Waals surface area contributed by atoms with E-state index >= 15 is 0 Å². The number of ether oxygens (including phenoxy) is 1. The summed E-state index contributed by atoms with van der Waals surface area (Å²) < 4.78 is 5.52. The predicted octanol–water partition coefficient (Wildman–Crippen LogP) is 3.84. The molecule has 0 unspecified atom stereocenters. The first-order chi connectivity index (χ1) is 9.08. The maximum absolute atomic E-state index is 11.3. The molecule has 0 amide bonds. The van der Waals surface area contributed by atoms with E-state index in [0.717, 1.165) is 11.1 Å². The van der Waals surface area contributed by atoms with Crippen LogP contribution in [0, 0.1) is 0 Å². The first kappa shape index (κ1) is 13.1. The van der Waals surface area contributed by atoms with Crippen molar-refractivity contribution in [2.45, 2.75) is 20.0 Å². The average Bonchev–Trinajstić information content (AvgIpc) is 2.39. The molecule has 2 rings (SSSR count). The quantitative estimate of drug-likeness (QED) is 0.904. The highest BCUT2D eigenvalue weighted by atomic mass is 16.5. The molecule has 3 heteroatoms.